The Morgan fingerprint density at radius 2 is 1.86 bits per heavy atom. The van der Waals surface area contributed by atoms with E-state index in [4.69, 9.17) is 4.74 Å². The van der Waals surface area contributed by atoms with Crippen molar-refractivity contribution in [2.75, 3.05) is 6.54 Å². The summed E-state index contributed by atoms with van der Waals surface area (Å²) in [6, 6.07) is 0. The molecule has 14 heavy (non-hydrogen) atoms. The van der Waals surface area contributed by atoms with Crippen LogP contribution in [0.15, 0.2) is 0 Å². The summed E-state index contributed by atoms with van der Waals surface area (Å²) in [5.74, 6) is 0. The van der Waals surface area contributed by atoms with Gasteiger partial charge in [0.05, 0.1) is 6.10 Å². The minimum atomic E-state index is -1.42. The van der Waals surface area contributed by atoms with Crippen LogP contribution < -0.4 is 0 Å². The molecule has 0 amide bonds. The van der Waals surface area contributed by atoms with Crippen molar-refractivity contribution in [1.29, 1.82) is 0 Å². The van der Waals surface area contributed by atoms with Gasteiger partial charge in [-0.15, -0.1) is 0 Å². The van der Waals surface area contributed by atoms with Crippen LogP contribution in [0.4, 0.5) is 0 Å². The third kappa shape index (κ3) is 2.18. The second kappa shape index (κ2) is 4.18. The molecule has 0 radical (unpaired) electrons. The summed E-state index contributed by atoms with van der Waals surface area (Å²) < 4.78 is 4.99. The molecule has 0 unspecified atom stereocenters. The second-order valence-corrected chi connectivity index (χ2v) is 3.37. The van der Waals surface area contributed by atoms with Crippen LogP contribution in [-0.4, -0.2) is 57.3 Å². The van der Waals surface area contributed by atoms with Crippen LogP contribution in [0, 0.1) is 10.1 Å². The lowest BCUT2D eigenvalue weighted by molar-refractivity contribution is -0.498. The van der Waals surface area contributed by atoms with Crippen molar-refractivity contribution < 1.29 is 25.0 Å². The van der Waals surface area contributed by atoms with Gasteiger partial charge in [-0.05, 0) is 6.92 Å². The van der Waals surface area contributed by atoms with Gasteiger partial charge in [-0.1, -0.05) is 0 Å². The molecule has 0 spiro atoms. The Bertz CT molecular complexity index is 222. The van der Waals surface area contributed by atoms with Crippen LogP contribution in [0.1, 0.15) is 6.92 Å². The number of ether oxygens (including phenoxy) is 1. The number of aliphatic hydroxyl groups excluding tert-OH is 3. The van der Waals surface area contributed by atoms with E-state index >= 15 is 0 Å². The van der Waals surface area contributed by atoms with Gasteiger partial charge in [0.1, 0.15) is 18.3 Å². The first-order chi connectivity index (χ1) is 6.43. The molecule has 0 aromatic heterocycles. The average Bonchev–Trinajstić information content (AvgIpc) is 2.10. The molecular weight excluding hydrogens is 194 g/mol. The standard InChI is InChI=1S/C7H13NO6/c1-3-5(9)7(11)6(10)4(14-3)2-8(12)13/h3-7,9-11H,2H2,1H3/t3-,4+,5+,6+,7+/m0/s1. The Labute approximate surface area is 80.1 Å². The fraction of sp³-hybridized carbons (Fsp3) is 1.00. The summed E-state index contributed by atoms with van der Waals surface area (Å²) in [4.78, 5) is 9.54. The summed E-state index contributed by atoms with van der Waals surface area (Å²) in [5, 5.41) is 38.1. The van der Waals surface area contributed by atoms with Gasteiger partial charge in [-0.3, -0.25) is 10.1 Å². The van der Waals surface area contributed by atoms with E-state index in [-0.39, 0.29) is 0 Å². The molecule has 1 aliphatic rings. The zero-order chi connectivity index (χ0) is 10.9. The molecule has 0 aliphatic carbocycles. The maximum atomic E-state index is 10.2. The largest absolute Gasteiger partial charge is 0.388 e. The minimum absolute atomic E-state index is 0.588. The van der Waals surface area contributed by atoms with Crippen molar-refractivity contribution in [3.05, 3.63) is 10.1 Å². The molecule has 0 saturated carbocycles. The molecule has 0 aromatic rings. The number of aliphatic hydroxyl groups is 3. The Morgan fingerprint density at radius 3 is 2.36 bits per heavy atom. The average molecular weight is 207 g/mol. The van der Waals surface area contributed by atoms with Gasteiger partial charge in [0.15, 0.2) is 6.10 Å². The van der Waals surface area contributed by atoms with E-state index in [1.165, 1.54) is 6.92 Å². The third-order valence-corrected chi connectivity index (χ3v) is 2.28. The molecule has 1 aliphatic heterocycles. The van der Waals surface area contributed by atoms with Crippen molar-refractivity contribution in [2.45, 2.75) is 37.4 Å². The van der Waals surface area contributed by atoms with Gasteiger partial charge in [0.2, 0.25) is 6.54 Å². The highest BCUT2D eigenvalue weighted by Gasteiger charge is 2.43. The van der Waals surface area contributed by atoms with Crippen LogP contribution in [0.5, 0.6) is 0 Å². The molecule has 5 atom stereocenters. The van der Waals surface area contributed by atoms with E-state index in [1.54, 1.807) is 0 Å². The number of hydrogen-bond donors (Lipinski definition) is 3. The Morgan fingerprint density at radius 1 is 1.29 bits per heavy atom. The van der Waals surface area contributed by atoms with Gasteiger partial charge < -0.3 is 20.1 Å². The predicted octanol–water partition coefficient (Wildman–Crippen LogP) is -1.87. The van der Waals surface area contributed by atoms with Gasteiger partial charge in [0, 0.05) is 4.92 Å². The van der Waals surface area contributed by atoms with Crippen LogP contribution in [-0.2, 0) is 4.74 Å². The molecule has 0 aromatic carbocycles. The minimum Gasteiger partial charge on any atom is -0.388 e. The normalized spacial score (nSPS) is 43.6. The molecular formula is C7H13NO6. The lowest BCUT2D eigenvalue weighted by atomic mass is 9.96. The van der Waals surface area contributed by atoms with Gasteiger partial charge in [0.25, 0.3) is 0 Å². The lowest BCUT2D eigenvalue weighted by Gasteiger charge is -2.37. The zero-order valence-electron chi connectivity index (χ0n) is 7.61. The first-order valence-electron chi connectivity index (χ1n) is 4.25. The van der Waals surface area contributed by atoms with E-state index < -0.39 is 42.0 Å². The maximum absolute atomic E-state index is 10.2. The highest BCUT2D eigenvalue weighted by Crippen LogP contribution is 2.20. The third-order valence-electron chi connectivity index (χ3n) is 2.28. The lowest BCUT2D eigenvalue weighted by Crippen LogP contribution is -2.58. The van der Waals surface area contributed by atoms with Crippen molar-refractivity contribution in [3.8, 4) is 0 Å². The number of nitro groups is 1. The van der Waals surface area contributed by atoms with E-state index in [9.17, 15) is 25.4 Å². The van der Waals surface area contributed by atoms with Crippen molar-refractivity contribution >= 4 is 0 Å². The van der Waals surface area contributed by atoms with Crippen LogP contribution in [0.2, 0.25) is 0 Å². The molecule has 7 nitrogen and oxygen atoms in total. The van der Waals surface area contributed by atoms with Gasteiger partial charge in [-0.25, -0.2) is 0 Å². The number of nitrogens with zero attached hydrogens (tertiary/aromatic N) is 1. The van der Waals surface area contributed by atoms with E-state index in [0.717, 1.165) is 0 Å². The maximum Gasteiger partial charge on any atom is 0.232 e. The first-order valence-corrected chi connectivity index (χ1v) is 4.25. The van der Waals surface area contributed by atoms with Gasteiger partial charge >= 0.3 is 0 Å². The first kappa shape index (κ1) is 11.3. The molecule has 82 valence electrons. The van der Waals surface area contributed by atoms with Crippen LogP contribution >= 0.6 is 0 Å². The second-order valence-electron chi connectivity index (χ2n) is 3.37. The highest BCUT2D eigenvalue weighted by molar-refractivity contribution is 4.90. The van der Waals surface area contributed by atoms with Crippen molar-refractivity contribution in [2.24, 2.45) is 0 Å². The highest BCUT2D eigenvalue weighted by atomic mass is 16.6. The Balaban J connectivity index is 2.65. The predicted molar refractivity (Wildman–Crippen MR) is 44.2 cm³/mol. The fourth-order valence-corrected chi connectivity index (χ4v) is 1.43. The molecule has 3 N–H and O–H groups in total. The topological polar surface area (TPSA) is 113 Å². The van der Waals surface area contributed by atoms with Crippen LogP contribution in [0.3, 0.4) is 0 Å². The molecule has 1 heterocycles. The molecule has 1 rings (SSSR count). The summed E-state index contributed by atoms with van der Waals surface area (Å²) in [5.41, 5.74) is 0. The Kier molecular flexibility index (Phi) is 3.38. The molecule has 0 bridgehead atoms. The quantitative estimate of drug-likeness (QED) is 0.361. The van der Waals surface area contributed by atoms with Gasteiger partial charge in [-0.2, -0.15) is 0 Å². The SMILES string of the molecule is C[C@@H]1O[C@H](C[N+](=O)[O-])[C@@H](O)[C@H](O)[C@@H]1O. The van der Waals surface area contributed by atoms with Crippen molar-refractivity contribution in [3.63, 3.8) is 0 Å². The number of rotatable bonds is 2. The summed E-state index contributed by atoms with van der Waals surface area (Å²) in [6.45, 7) is 0.891. The van der Waals surface area contributed by atoms with Crippen molar-refractivity contribution in [1.82, 2.24) is 0 Å². The summed E-state index contributed by atoms with van der Waals surface area (Å²) in [6.07, 6.45) is -5.83. The van der Waals surface area contributed by atoms with E-state index in [2.05, 4.69) is 0 Å². The summed E-state index contributed by atoms with van der Waals surface area (Å²) >= 11 is 0. The monoisotopic (exact) mass is 207 g/mol. The van der Waals surface area contributed by atoms with E-state index in [0.29, 0.717) is 0 Å². The van der Waals surface area contributed by atoms with Crippen LogP contribution in [0.25, 0.3) is 0 Å². The molecule has 7 heteroatoms. The molecule has 1 saturated heterocycles. The Hall–Kier alpha value is -0.760. The summed E-state index contributed by atoms with van der Waals surface area (Å²) in [7, 11) is 0. The smallest absolute Gasteiger partial charge is 0.232 e. The molecule has 1 fully saturated rings. The fourth-order valence-electron chi connectivity index (χ4n) is 1.43. The zero-order valence-corrected chi connectivity index (χ0v) is 7.61. The number of hydrogen-bond acceptors (Lipinski definition) is 6. The van der Waals surface area contributed by atoms with E-state index in [1.807, 2.05) is 0 Å².